The minimum atomic E-state index is -4.18. The number of anilines is 2. The van der Waals surface area contributed by atoms with Crippen molar-refractivity contribution in [3.63, 3.8) is 0 Å². The number of amides is 1. The summed E-state index contributed by atoms with van der Waals surface area (Å²) in [5, 5.41) is 3.19. The number of halogens is 1. The monoisotopic (exact) mass is 536 g/mol. The molecule has 0 fully saturated rings. The van der Waals surface area contributed by atoms with Gasteiger partial charge in [0.05, 0.1) is 12.8 Å². The number of carbonyl (C=O) groups excluding carboxylic acids is 1. The Morgan fingerprint density at radius 2 is 1.54 bits per heavy atom. The summed E-state index contributed by atoms with van der Waals surface area (Å²) in [6.45, 7) is 1.31. The van der Waals surface area contributed by atoms with Crippen LogP contribution in [0.25, 0.3) is 0 Å². The fraction of sp³-hybridized carbons (Fsp3) is 0.107. The van der Waals surface area contributed by atoms with Crippen molar-refractivity contribution >= 4 is 38.9 Å². The molecule has 0 radical (unpaired) electrons. The first-order chi connectivity index (χ1) is 17.8. The second kappa shape index (κ2) is 11.4. The van der Waals surface area contributed by atoms with E-state index in [1.165, 1.54) is 13.2 Å². The Balaban J connectivity index is 1.57. The van der Waals surface area contributed by atoms with Gasteiger partial charge in [-0.2, -0.15) is 0 Å². The Labute approximate surface area is 221 Å². The van der Waals surface area contributed by atoms with Crippen LogP contribution in [-0.4, -0.2) is 28.0 Å². The number of ether oxygens (including phenoxy) is 2. The van der Waals surface area contributed by atoms with E-state index in [2.05, 4.69) is 5.32 Å². The standard InChI is InChI=1S/C28H25ClN2O5S/c1-20-8-17-26(35-2)27(18-20)37(33,34)31(23-13-9-21(29)10-14-23)19-28(32)30-22-11-15-25(16-12-22)36-24-6-4-3-5-7-24/h3-18H,19H2,1-2H3,(H,30,32). The number of benzene rings is 4. The molecule has 0 unspecified atom stereocenters. The van der Waals surface area contributed by atoms with Crippen molar-refractivity contribution in [3.05, 3.63) is 108 Å². The minimum absolute atomic E-state index is 0.0415. The molecule has 37 heavy (non-hydrogen) atoms. The molecule has 190 valence electrons. The Morgan fingerprint density at radius 3 is 2.19 bits per heavy atom. The fourth-order valence-electron chi connectivity index (χ4n) is 3.59. The highest BCUT2D eigenvalue weighted by Crippen LogP contribution is 2.31. The van der Waals surface area contributed by atoms with Crippen LogP contribution in [0, 0.1) is 6.92 Å². The smallest absolute Gasteiger partial charge is 0.268 e. The third-order valence-electron chi connectivity index (χ3n) is 5.41. The summed E-state index contributed by atoms with van der Waals surface area (Å²) in [6.07, 6.45) is 0. The minimum Gasteiger partial charge on any atom is -0.495 e. The van der Waals surface area contributed by atoms with Gasteiger partial charge >= 0.3 is 0 Å². The maximum atomic E-state index is 13.8. The molecule has 0 aromatic heterocycles. The van der Waals surface area contributed by atoms with E-state index in [0.717, 1.165) is 9.87 Å². The van der Waals surface area contributed by atoms with Gasteiger partial charge in [-0.05, 0) is 85.3 Å². The zero-order chi connectivity index (χ0) is 26.4. The Hall–Kier alpha value is -4.01. The van der Waals surface area contributed by atoms with Crippen molar-refractivity contribution < 1.29 is 22.7 Å². The summed E-state index contributed by atoms with van der Waals surface area (Å²) < 4.78 is 39.7. The van der Waals surface area contributed by atoms with Crippen molar-refractivity contribution in [1.29, 1.82) is 0 Å². The molecule has 0 aliphatic heterocycles. The molecule has 0 atom stereocenters. The lowest BCUT2D eigenvalue weighted by Gasteiger charge is -2.25. The molecule has 0 bridgehead atoms. The molecule has 0 aliphatic rings. The second-order valence-electron chi connectivity index (χ2n) is 8.13. The zero-order valence-electron chi connectivity index (χ0n) is 20.2. The highest BCUT2D eigenvalue weighted by molar-refractivity contribution is 7.93. The molecule has 1 N–H and O–H groups in total. The quantitative estimate of drug-likeness (QED) is 0.272. The molecule has 0 heterocycles. The van der Waals surface area contributed by atoms with Gasteiger partial charge in [-0.3, -0.25) is 9.10 Å². The van der Waals surface area contributed by atoms with Crippen LogP contribution in [0.4, 0.5) is 11.4 Å². The van der Waals surface area contributed by atoms with E-state index in [0.29, 0.717) is 22.2 Å². The molecular formula is C28H25ClN2O5S. The van der Waals surface area contributed by atoms with E-state index in [1.807, 2.05) is 30.3 Å². The van der Waals surface area contributed by atoms with E-state index in [4.69, 9.17) is 21.1 Å². The second-order valence-corrected chi connectivity index (χ2v) is 10.4. The van der Waals surface area contributed by atoms with Gasteiger partial charge in [0.25, 0.3) is 10.0 Å². The van der Waals surface area contributed by atoms with Crippen molar-refractivity contribution in [3.8, 4) is 17.2 Å². The summed E-state index contributed by atoms with van der Waals surface area (Å²) in [6, 6.07) is 27.2. The van der Waals surface area contributed by atoms with Crippen LogP contribution in [-0.2, 0) is 14.8 Å². The molecule has 4 aromatic carbocycles. The molecule has 4 rings (SSSR count). The molecule has 0 saturated carbocycles. The van der Waals surface area contributed by atoms with Crippen molar-refractivity contribution in [1.82, 2.24) is 0 Å². The van der Waals surface area contributed by atoms with Crippen molar-refractivity contribution in [2.75, 3.05) is 23.3 Å². The maximum Gasteiger partial charge on any atom is 0.268 e. The van der Waals surface area contributed by atoms with E-state index >= 15 is 0 Å². The highest BCUT2D eigenvalue weighted by Gasteiger charge is 2.30. The van der Waals surface area contributed by atoms with Crippen LogP contribution in [0.5, 0.6) is 17.2 Å². The Morgan fingerprint density at radius 1 is 0.892 bits per heavy atom. The fourth-order valence-corrected chi connectivity index (χ4v) is 5.38. The van der Waals surface area contributed by atoms with Crippen LogP contribution in [0.1, 0.15) is 5.56 Å². The number of rotatable bonds is 9. The number of hydrogen-bond acceptors (Lipinski definition) is 5. The van der Waals surface area contributed by atoms with E-state index in [9.17, 15) is 13.2 Å². The number of hydrogen-bond donors (Lipinski definition) is 1. The third kappa shape index (κ3) is 6.41. The van der Waals surface area contributed by atoms with Gasteiger partial charge in [0.15, 0.2) is 0 Å². The van der Waals surface area contributed by atoms with Crippen LogP contribution in [0.3, 0.4) is 0 Å². The number of nitrogens with zero attached hydrogens (tertiary/aromatic N) is 1. The molecule has 0 spiro atoms. The maximum absolute atomic E-state index is 13.8. The van der Waals surface area contributed by atoms with Gasteiger partial charge in [-0.25, -0.2) is 8.42 Å². The van der Waals surface area contributed by atoms with E-state index < -0.39 is 22.5 Å². The average molecular weight is 537 g/mol. The van der Waals surface area contributed by atoms with Crippen molar-refractivity contribution in [2.24, 2.45) is 0 Å². The molecule has 4 aromatic rings. The third-order valence-corrected chi connectivity index (χ3v) is 7.45. The SMILES string of the molecule is COc1ccc(C)cc1S(=O)(=O)N(CC(=O)Nc1ccc(Oc2ccccc2)cc1)c1ccc(Cl)cc1. The molecular weight excluding hydrogens is 512 g/mol. The predicted molar refractivity (Wildman–Crippen MR) is 145 cm³/mol. The molecule has 0 aliphatic carbocycles. The predicted octanol–water partition coefficient (Wildman–Crippen LogP) is 6.28. The lowest BCUT2D eigenvalue weighted by molar-refractivity contribution is -0.114. The number of methoxy groups -OCH3 is 1. The molecule has 7 nitrogen and oxygen atoms in total. The zero-order valence-corrected chi connectivity index (χ0v) is 21.8. The number of nitrogens with one attached hydrogen (secondary N) is 1. The normalized spacial score (nSPS) is 11.0. The van der Waals surface area contributed by atoms with E-state index in [-0.39, 0.29) is 16.3 Å². The van der Waals surface area contributed by atoms with Gasteiger partial charge in [0.2, 0.25) is 5.91 Å². The number of para-hydroxylation sites is 1. The highest BCUT2D eigenvalue weighted by atomic mass is 35.5. The number of sulfonamides is 1. The van der Waals surface area contributed by atoms with Gasteiger partial charge < -0.3 is 14.8 Å². The Bertz CT molecular complexity index is 1480. The first-order valence-corrected chi connectivity index (χ1v) is 13.1. The van der Waals surface area contributed by atoms with Crippen LogP contribution in [0.15, 0.2) is 102 Å². The summed E-state index contributed by atoms with van der Waals surface area (Å²) in [5.41, 5.74) is 1.51. The lowest BCUT2D eigenvalue weighted by atomic mass is 10.2. The molecule has 1 amide bonds. The first-order valence-electron chi connectivity index (χ1n) is 11.3. The largest absolute Gasteiger partial charge is 0.495 e. The van der Waals surface area contributed by atoms with Gasteiger partial charge in [-0.15, -0.1) is 0 Å². The summed E-state index contributed by atoms with van der Waals surface area (Å²) in [7, 11) is -2.78. The Kier molecular flexibility index (Phi) is 8.01. The molecule has 9 heteroatoms. The lowest BCUT2D eigenvalue weighted by Crippen LogP contribution is -2.38. The van der Waals surface area contributed by atoms with Crippen LogP contribution < -0.4 is 19.1 Å². The van der Waals surface area contributed by atoms with Gasteiger partial charge in [-0.1, -0.05) is 35.9 Å². The number of aryl methyl sites for hydroxylation is 1. The number of carbonyl (C=O) groups is 1. The summed E-state index contributed by atoms with van der Waals surface area (Å²) >= 11 is 6.02. The van der Waals surface area contributed by atoms with Gasteiger partial charge in [0.1, 0.15) is 28.7 Å². The van der Waals surface area contributed by atoms with Gasteiger partial charge in [0, 0.05) is 10.7 Å². The van der Waals surface area contributed by atoms with Crippen LogP contribution >= 0.6 is 11.6 Å². The van der Waals surface area contributed by atoms with Crippen molar-refractivity contribution in [2.45, 2.75) is 11.8 Å². The van der Waals surface area contributed by atoms with E-state index in [1.54, 1.807) is 67.6 Å². The first kappa shape index (κ1) is 26.1. The summed E-state index contributed by atoms with van der Waals surface area (Å²) in [4.78, 5) is 13.0. The topological polar surface area (TPSA) is 84.9 Å². The van der Waals surface area contributed by atoms with Crippen LogP contribution in [0.2, 0.25) is 5.02 Å². The summed E-state index contributed by atoms with van der Waals surface area (Å²) in [5.74, 6) is 0.941. The molecule has 0 saturated heterocycles. The average Bonchev–Trinajstić information content (AvgIpc) is 2.89.